The van der Waals surface area contributed by atoms with Gasteiger partial charge in [-0.1, -0.05) is 19.3 Å². The molecule has 0 bridgehead atoms. The van der Waals surface area contributed by atoms with E-state index in [1.807, 2.05) is 5.32 Å². The molecule has 3 rings (SSSR count). The van der Waals surface area contributed by atoms with E-state index < -0.39 is 58.7 Å². The molecule has 1 aliphatic rings. The molecule has 0 spiro atoms. The zero-order valence-corrected chi connectivity index (χ0v) is 18.0. The molecule has 2 aromatic rings. The van der Waals surface area contributed by atoms with E-state index in [1.165, 1.54) is 12.4 Å². The van der Waals surface area contributed by atoms with Crippen LogP contribution in [0.1, 0.15) is 70.2 Å². The maximum Gasteiger partial charge on any atom is 0.322 e. The second kappa shape index (κ2) is 10.1. The Morgan fingerprint density at radius 1 is 1.03 bits per heavy atom. The topological polar surface area (TPSA) is 184 Å². The molecule has 0 unspecified atom stereocenters. The van der Waals surface area contributed by atoms with Gasteiger partial charge < -0.3 is 26.0 Å². The lowest BCUT2D eigenvalue weighted by atomic mass is 9.94. The van der Waals surface area contributed by atoms with Crippen LogP contribution < -0.4 is 16.2 Å². The maximum atomic E-state index is 13.1. The summed E-state index contributed by atoms with van der Waals surface area (Å²) >= 11 is 0. The Balaban J connectivity index is 2.03. The van der Waals surface area contributed by atoms with E-state index in [1.54, 1.807) is 6.92 Å². The van der Waals surface area contributed by atoms with Gasteiger partial charge in [-0.3, -0.25) is 33.7 Å². The first-order valence-corrected chi connectivity index (χ1v) is 10.5. The number of hydrogen-bond acceptors (Lipinski definition) is 8. The number of carbonyl (C=O) groups is 3. The second-order valence-electron chi connectivity index (χ2n) is 7.80. The normalized spacial score (nSPS) is 14.0. The molecule has 1 fully saturated rings. The third-order valence-corrected chi connectivity index (χ3v) is 5.42. The minimum atomic E-state index is -1.36. The number of aromatic nitrogens is 3. The Labute approximate surface area is 188 Å². The van der Waals surface area contributed by atoms with E-state index >= 15 is 0 Å². The van der Waals surface area contributed by atoms with Crippen molar-refractivity contribution in [2.45, 2.75) is 51.6 Å². The number of rotatable bonds is 7. The van der Waals surface area contributed by atoms with Gasteiger partial charge in [-0.2, -0.15) is 0 Å². The summed E-state index contributed by atoms with van der Waals surface area (Å²) in [6, 6.07) is -0.479. The van der Waals surface area contributed by atoms with E-state index in [0.29, 0.717) is 24.2 Å². The Morgan fingerprint density at radius 3 is 2.30 bits per heavy atom. The van der Waals surface area contributed by atoms with Crippen molar-refractivity contribution in [2.75, 3.05) is 6.54 Å². The van der Waals surface area contributed by atoms with Crippen LogP contribution in [-0.2, 0) is 11.3 Å². The van der Waals surface area contributed by atoms with E-state index in [4.69, 9.17) is 5.11 Å². The summed E-state index contributed by atoms with van der Waals surface area (Å²) in [4.78, 5) is 57.5. The third kappa shape index (κ3) is 5.27. The number of aliphatic carboxylic acids is 1. The fourth-order valence-corrected chi connectivity index (χ4v) is 3.78. The minimum absolute atomic E-state index is 0.0892. The summed E-state index contributed by atoms with van der Waals surface area (Å²) in [5, 5.41) is 34.8. The molecule has 12 nitrogen and oxygen atoms in total. The smallest absolute Gasteiger partial charge is 0.322 e. The molecule has 0 aromatic carbocycles. The fourth-order valence-electron chi connectivity index (χ4n) is 3.78. The molecule has 0 atom stereocenters. The Kier molecular flexibility index (Phi) is 7.26. The molecule has 33 heavy (non-hydrogen) atoms. The van der Waals surface area contributed by atoms with Gasteiger partial charge in [-0.15, -0.1) is 0 Å². The van der Waals surface area contributed by atoms with E-state index in [-0.39, 0.29) is 6.54 Å². The Morgan fingerprint density at radius 2 is 1.70 bits per heavy atom. The SMILES string of the molecule is Cc1cnc(CNC(=O)c2c(O)c(C(=O)NCC(=O)O)c(=O)n(C3CCCCC3)c2O)cn1. The zero-order valence-electron chi connectivity index (χ0n) is 18.0. The second-order valence-corrected chi connectivity index (χ2v) is 7.80. The quantitative estimate of drug-likeness (QED) is 0.396. The highest BCUT2D eigenvalue weighted by Gasteiger charge is 2.32. The molecular weight excluding hydrogens is 434 g/mol. The number of carboxylic acid groups (broad SMARTS) is 1. The van der Waals surface area contributed by atoms with Crippen molar-refractivity contribution in [2.24, 2.45) is 0 Å². The highest BCUT2D eigenvalue weighted by Crippen LogP contribution is 2.35. The number of carbonyl (C=O) groups excluding carboxylic acids is 2. The van der Waals surface area contributed by atoms with Gasteiger partial charge in [-0.05, 0) is 19.8 Å². The van der Waals surface area contributed by atoms with Crippen LogP contribution in [0.2, 0.25) is 0 Å². The molecule has 0 radical (unpaired) electrons. The monoisotopic (exact) mass is 459 g/mol. The maximum absolute atomic E-state index is 13.1. The van der Waals surface area contributed by atoms with Gasteiger partial charge in [-0.25, -0.2) is 0 Å². The standard InChI is InChI=1S/C21H25N5O7/c1-11-7-23-12(8-22-11)9-24-18(30)15-17(29)16(19(31)25-10-14(27)28)21(33)26(20(15)32)13-5-3-2-4-6-13/h7-8,13,29,32H,2-6,9-10H2,1H3,(H,24,30)(H,25,31)(H,27,28). The molecule has 0 saturated heterocycles. The summed E-state index contributed by atoms with van der Waals surface area (Å²) < 4.78 is 0.940. The number of carboxylic acids is 1. The van der Waals surface area contributed by atoms with Crippen molar-refractivity contribution in [3.05, 3.63) is 45.3 Å². The van der Waals surface area contributed by atoms with E-state index in [0.717, 1.165) is 23.8 Å². The predicted molar refractivity (Wildman–Crippen MR) is 114 cm³/mol. The highest BCUT2D eigenvalue weighted by atomic mass is 16.4. The fraction of sp³-hybridized carbons (Fsp3) is 0.429. The summed E-state index contributed by atoms with van der Waals surface area (Å²) in [6.45, 7) is 0.862. The minimum Gasteiger partial charge on any atom is -0.506 e. The largest absolute Gasteiger partial charge is 0.506 e. The third-order valence-electron chi connectivity index (χ3n) is 5.42. The van der Waals surface area contributed by atoms with Crippen LogP contribution in [0.15, 0.2) is 17.2 Å². The summed E-state index contributed by atoms with van der Waals surface area (Å²) in [5.74, 6) is -5.25. The van der Waals surface area contributed by atoms with Gasteiger partial charge in [0.2, 0.25) is 5.88 Å². The van der Waals surface area contributed by atoms with Crippen molar-refractivity contribution in [3.8, 4) is 11.6 Å². The number of aromatic hydroxyl groups is 2. The van der Waals surface area contributed by atoms with Crippen molar-refractivity contribution < 1.29 is 29.7 Å². The van der Waals surface area contributed by atoms with Crippen LogP contribution in [0, 0.1) is 6.92 Å². The lowest BCUT2D eigenvalue weighted by molar-refractivity contribution is -0.135. The molecule has 2 aromatic heterocycles. The average Bonchev–Trinajstić information content (AvgIpc) is 2.78. The van der Waals surface area contributed by atoms with Crippen LogP contribution in [-0.4, -0.2) is 54.2 Å². The summed E-state index contributed by atoms with van der Waals surface area (Å²) in [5.41, 5.74) is -1.37. The lowest BCUT2D eigenvalue weighted by Gasteiger charge is -2.26. The van der Waals surface area contributed by atoms with Gasteiger partial charge >= 0.3 is 5.97 Å². The highest BCUT2D eigenvalue weighted by molar-refractivity contribution is 6.05. The van der Waals surface area contributed by atoms with Crippen LogP contribution in [0.4, 0.5) is 0 Å². The van der Waals surface area contributed by atoms with Crippen molar-refractivity contribution >= 4 is 17.8 Å². The number of nitrogens with zero attached hydrogens (tertiary/aromatic N) is 3. The molecular formula is C21H25N5O7. The molecule has 1 aliphatic carbocycles. The zero-order chi connectivity index (χ0) is 24.1. The van der Waals surface area contributed by atoms with Crippen LogP contribution in [0.5, 0.6) is 11.6 Å². The predicted octanol–water partition coefficient (Wildman–Crippen LogP) is 0.608. The summed E-state index contributed by atoms with van der Waals surface area (Å²) in [6.07, 6.45) is 6.54. The number of nitrogens with one attached hydrogen (secondary N) is 2. The Bertz CT molecular complexity index is 1120. The van der Waals surface area contributed by atoms with Crippen LogP contribution >= 0.6 is 0 Å². The number of hydrogen-bond donors (Lipinski definition) is 5. The lowest BCUT2D eigenvalue weighted by Crippen LogP contribution is -2.38. The van der Waals surface area contributed by atoms with Gasteiger partial charge in [0.05, 0.1) is 24.1 Å². The van der Waals surface area contributed by atoms with E-state index in [2.05, 4.69) is 15.3 Å². The van der Waals surface area contributed by atoms with Gasteiger partial charge in [0.1, 0.15) is 17.7 Å². The summed E-state index contributed by atoms with van der Waals surface area (Å²) in [7, 11) is 0. The van der Waals surface area contributed by atoms with E-state index in [9.17, 15) is 29.4 Å². The van der Waals surface area contributed by atoms with Gasteiger partial charge in [0.15, 0.2) is 5.75 Å². The molecule has 2 heterocycles. The number of pyridine rings is 1. The number of aryl methyl sites for hydroxylation is 1. The van der Waals surface area contributed by atoms with Crippen LogP contribution in [0.3, 0.4) is 0 Å². The molecule has 2 amide bonds. The van der Waals surface area contributed by atoms with Gasteiger partial charge in [0.25, 0.3) is 17.4 Å². The molecule has 12 heteroatoms. The van der Waals surface area contributed by atoms with Crippen molar-refractivity contribution in [3.63, 3.8) is 0 Å². The first-order valence-electron chi connectivity index (χ1n) is 10.5. The van der Waals surface area contributed by atoms with Crippen molar-refractivity contribution in [1.82, 2.24) is 25.2 Å². The van der Waals surface area contributed by atoms with Crippen LogP contribution in [0.25, 0.3) is 0 Å². The first kappa shape index (κ1) is 23.7. The average molecular weight is 459 g/mol. The molecule has 176 valence electrons. The molecule has 5 N–H and O–H groups in total. The van der Waals surface area contributed by atoms with Crippen molar-refractivity contribution in [1.29, 1.82) is 0 Å². The van der Waals surface area contributed by atoms with Gasteiger partial charge in [0, 0.05) is 12.2 Å². The number of amides is 2. The molecule has 0 aliphatic heterocycles. The first-order chi connectivity index (χ1) is 15.7. The molecule has 1 saturated carbocycles. The Hall–Kier alpha value is -3.96.